The predicted molar refractivity (Wildman–Crippen MR) is 108 cm³/mol. The van der Waals surface area contributed by atoms with Crippen molar-refractivity contribution in [1.29, 1.82) is 0 Å². The number of hydrogen-bond acceptors (Lipinski definition) is 3. The Morgan fingerprint density at radius 3 is 2.37 bits per heavy atom. The zero-order valence-electron chi connectivity index (χ0n) is 14.3. The molecular weight excluding hydrogens is 385 g/mol. The first-order chi connectivity index (χ1) is 13.0. The van der Waals surface area contributed by atoms with Gasteiger partial charge in [-0.15, -0.1) is 0 Å². The van der Waals surface area contributed by atoms with Crippen molar-refractivity contribution in [2.24, 2.45) is 0 Å². The third-order valence-electron chi connectivity index (χ3n) is 3.99. The van der Waals surface area contributed by atoms with E-state index in [9.17, 15) is 9.90 Å². The van der Waals surface area contributed by atoms with Gasteiger partial charge in [0.25, 0.3) is 0 Å². The van der Waals surface area contributed by atoms with E-state index in [1.807, 2.05) is 48.5 Å². The monoisotopic (exact) mass is 401 g/mol. The van der Waals surface area contributed by atoms with E-state index in [1.54, 1.807) is 12.1 Å². The van der Waals surface area contributed by atoms with E-state index in [4.69, 9.17) is 27.9 Å². The lowest BCUT2D eigenvalue weighted by molar-refractivity contribution is 0.0697. The second kappa shape index (κ2) is 8.80. The second-order valence-corrected chi connectivity index (χ2v) is 6.66. The Kier molecular flexibility index (Phi) is 6.22. The van der Waals surface area contributed by atoms with Crippen LogP contribution in [0.2, 0.25) is 10.0 Å². The van der Waals surface area contributed by atoms with E-state index >= 15 is 0 Å². The predicted octanol–water partition coefficient (Wildman–Crippen LogP) is 5.88. The maximum absolute atomic E-state index is 11.2. The molecule has 0 aliphatic rings. The highest BCUT2D eigenvalue weighted by atomic mass is 35.5. The van der Waals surface area contributed by atoms with Crippen LogP contribution in [0, 0.1) is 0 Å². The van der Waals surface area contributed by atoms with Crippen LogP contribution >= 0.6 is 23.2 Å². The van der Waals surface area contributed by atoms with Crippen LogP contribution in [0.25, 0.3) is 0 Å². The van der Waals surface area contributed by atoms with Crippen LogP contribution in [-0.2, 0) is 13.2 Å². The smallest absolute Gasteiger partial charge is 0.337 e. The van der Waals surface area contributed by atoms with Gasteiger partial charge >= 0.3 is 5.97 Å². The number of anilines is 1. The molecule has 6 heteroatoms. The summed E-state index contributed by atoms with van der Waals surface area (Å²) in [7, 11) is 0. The van der Waals surface area contributed by atoms with Gasteiger partial charge in [0.05, 0.1) is 10.6 Å². The molecule has 2 N–H and O–H groups in total. The average Bonchev–Trinajstić information content (AvgIpc) is 2.67. The third-order valence-corrected chi connectivity index (χ3v) is 4.69. The topological polar surface area (TPSA) is 58.6 Å². The van der Waals surface area contributed by atoms with Crippen LogP contribution in [0.5, 0.6) is 5.75 Å². The first-order valence-electron chi connectivity index (χ1n) is 8.25. The van der Waals surface area contributed by atoms with Gasteiger partial charge in [-0.2, -0.15) is 0 Å². The SMILES string of the molecule is O=C(O)c1cc(NCc2ccccc2OCc2ccccc2Cl)ccc1Cl. The fourth-order valence-corrected chi connectivity index (χ4v) is 2.95. The highest BCUT2D eigenvalue weighted by Gasteiger charge is 2.10. The zero-order valence-corrected chi connectivity index (χ0v) is 15.8. The molecule has 4 nitrogen and oxygen atoms in total. The van der Waals surface area contributed by atoms with Crippen molar-refractivity contribution in [2.75, 3.05) is 5.32 Å². The highest BCUT2D eigenvalue weighted by molar-refractivity contribution is 6.33. The summed E-state index contributed by atoms with van der Waals surface area (Å²) in [6.07, 6.45) is 0. The Morgan fingerprint density at radius 2 is 1.63 bits per heavy atom. The molecule has 3 aromatic carbocycles. The van der Waals surface area contributed by atoms with E-state index in [1.165, 1.54) is 6.07 Å². The summed E-state index contributed by atoms with van der Waals surface area (Å²) in [5.74, 6) is -0.329. The first kappa shape index (κ1) is 19.1. The van der Waals surface area contributed by atoms with Crippen LogP contribution < -0.4 is 10.1 Å². The second-order valence-electron chi connectivity index (χ2n) is 5.84. The normalized spacial score (nSPS) is 10.4. The van der Waals surface area contributed by atoms with Gasteiger partial charge in [0, 0.05) is 28.4 Å². The molecule has 0 fully saturated rings. The minimum Gasteiger partial charge on any atom is -0.488 e. The Bertz CT molecular complexity index is 960. The molecule has 0 atom stereocenters. The number of aromatic carboxylic acids is 1. The average molecular weight is 402 g/mol. The van der Waals surface area contributed by atoms with Crippen LogP contribution in [0.15, 0.2) is 66.7 Å². The van der Waals surface area contributed by atoms with Crippen molar-refractivity contribution in [3.63, 3.8) is 0 Å². The fraction of sp³-hybridized carbons (Fsp3) is 0.0952. The van der Waals surface area contributed by atoms with Gasteiger partial charge in [-0.1, -0.05) is 59.6 Å². The Morgan fingerprint density at radius 1 is 0.926 bits per heavy atom. The number of carboxylic acids is 1. The quantitative estimate of drug-likeness (QED) is 0.518. The van der Waals surface area contributed by atoms with E-state index in [-0.39, 0.29) is 10.6 Å². The zero-order chi connectivity index (χ0) is 19.2. The van der Waals surface area contributed by atoms with Crippen LogP contribution in [0.4, 0.5) is 5.69 Å². The number of nitrogens with one attached hydrogen (secondary N) is 1. The largest absolute Gasteiger partial charge is 0.488 e. The number of ether oxygens (including phenoxy) is 1. The summed E-state index contributed by atoms with van der Waals surface area (Å²) in [5, 5.41) is 13.3. The lowest BCUT2D eigenvalue weighted by atomic mass is 10.1. The van der Waals surface area contributed by atoms with Gasteiger partial charge in [0.2, 0.25) is 0 Å². The van der Waals surface area contributed by atoms with Gasteiger partial charge in [0.1, 0.15) is 12.4 Å². The lowest BCUT2D eigenvalue weighted by Crippen LogP contribution is -2.05. The molecule has 0 amide bonds. The number of rotatable bonds is 7. The maximum atomic E-state index is 11.2. The minimum absolute atomic E-state index is 0.0601. The summed E-state index contributed by atoms with van der Waals surface area (Å²) in [6, 6.07) is 20.0. The standard InChI is InChI=1S/C21H17Cl2NO3/c22-18-7-3-1-6-15(18)13-27-20-8-4-2-5-14(20)12-24-16-9-10-19(23)17(11-16)21(25)26/h1-11,24H,12-13H2,(H,25,26). The fourth-order valence-electron chi connectivity index (χ4n) is 2.56. The third kappa shape index (κ3) is 4.94. The number of halogens is 2. The maximum Gasteiger partial charge on any atom is 0.337 e. The molecular formula is C21H17Cl2NO3. The molecule has 0 saturated carbocycles. The molecule has 3 rings (SSSR count). The molecule has 27 heavy (non-hydrogen) atoms. The number of carboxylic acid groups (broad SMARTS) is 1. The molecule has 3 aromatic rings. The van der Waals surface area contributed by atoms with Crippen molar-refractivity contribution in [1.82, 2.24) is 0 Å². The molecule has 138 valence electrons. The van der Waals surface area contributed by atoms with Crippen LogP contribution in [0.3, 0.4) is 0 Å². The van der Waals surface area contributed by atoms with Crippen molar-refractivity contribution < 1.29 is 14.6 Å². The molecule has 0 spiro atoms. The summed E-state index contributed by atoms with van der Waals surface area (Å²) >= 11 is 12.1. The lowest BCUT2D eigenvalue weighted by Gasteiger charge is -2.14. The molecule has 0 aliphatic carbocycles. The van der Waals surface area contributed by atoms with Crippen molar-refractivity contribution in [3.8, 4) is 5.75 Å². The summed E-state index contributed by atoms with van der Waals surface area (Å²) < 4.78 is 5.93. The van der Waals surface area contributed by atoms with Crippen molar-refractivity contribution in [3.05, 3.63) is 93.5 Å². The minimum atomic E-state index is -1.06. The molecule has 0 saturated heterocycles. The summed E-state index contributed by atoms with van der Waals surface area (Å²) in [5.41, 5.74) is 2.57. The van der Waals surface area contributed by atoms with Gasteiger partial charge in [-0.3, -0.25) is 0 Å². The van der Waals surface area contributed by atoms with Crippen molar-refractivity contribution in [2.45, 2.75) is 13.2 Å². The Balaban J connectivity index is 1.70. The van der Waals surface area contributed by atoms with Gasteiger partial charge in [-0.25, -0.2) is 4.79 Å². The van der Waals surface area contributed by atoms with Crippen LogP contribution in [-0.4, -0.2) is 11.1 Å². The van der Waals surface area contributed by atoms with E-state index in [0.717, 1.165) is 16.9 Å². The molecule has 0 aliphatic heterocycles. The van der Waals surface area contributed by atoms with Crippen LogP contribution in [0.1, 0.15) is 21.5 Å². The van der Waals surface area contributed by atoms with E-state index < -0.39 is 5.97 Å². The molecule has 0 unspecified atom stereocenters. The summed E-state index contributed by atoms with van der Waals surface area (Å²) in [4.78, 5) is 11.2. The number of carbonyl (C=O) groups is 1. The molecule has 0 bridgehead atoms. The van der Waals surface area contributed by atoms with Gasteiger partial charge in [0.15, 0.2) is 0 Å². The molecule has 0 heterocycles. The van der Waals surface area contributed by atoms with Gasteiger partial charge < -0.3 is 15.2 Å². The first-order valence-corrected chi connectivity index (χ1v) is 9.01. The number of benzene rings is 3. The van der Waals surface area contributed by atoms with E-state index in [0.29, 0.717) is 23.9 Å². The Labute approximate surface area is 167 Å². The van der Waals surface area contributed by atoms with Gasteiger partial charge in [-0.05, 0) is 30.3 Å². The number of para-hydroxylation sites is 1. The number of hydrogen-bond donors (Lipinski definition) is 2. The summed E-state index contributed by atoms with van der Waals surface area (Å²) in [6.45, 7) is 0.834. The van der Waals surface area contributed by atoms with E-state index in [2.05, 4.69) is 5.32 Å². The molecule has 0 radical (unpaired) electrons. The highest BCUT2D eigenvalue weighted by Crippen LogP contribution is 2.24. The van der Waals surface area contributed by atoms with Crippen molar-refractivity contribution >= 4 is 34.9 Å². The Hall–Kier alpha value is -2.69. The molecule has 0 aromatic heterocycles.